The number of carbonyl (C=O) groups is 8. The lowest BCUT2D eigenvalue weighted by atomic mass is 9.68. The Hall–Kier alpha value is -4.78. The topological polar surface area (TPSA) is 343 Å². The fraction of sp³-hybridized carbons (Fsp3) is 0.837. The average molecular weight is 1180 g/mol. The van der Waals surface area contributed by atoms with Crippen LogP contribution in [0.1, 0.15) is 138 Å². The highest BCUT2D eigenvalue weighted by Gasteiger charge is 2.74. The van der Waals surface area contributed by atoms with Gasteiger partial charge in [0.15, 0.2) is 56.9 Å². The highest BCUT2D eigenvalue weighted by atomic mass is 32.2. The predicted octanol–water partition coefficient (Wildman–Crippen LogP) is 3.57. The molecule has 30 heteroatoms. The summed E-state index contributed by atoms with van der Waals surface area (Å²) in [5, 5.41) is -9.72. The fourth-order valence-corrected chi connectivity index (χ4v) is 12.9. The number of ether oxygens (including phenoxy) is 10. The molecule has 6 aliphatic heterocycles. The summed E-state index contributed by atoms with van der Waals surface area (Å²) in [6, 6.07) is 0. The Morgan fingerprint density at radius 1 is 0.557 bits per heavy atom. The van der Waals surface area contributed by atoms with Gasteiger partial charge in [0.2, 0.25) is 0 Å². The lowest BCUT2D eigenvalue weighted by Crippen LogP contribution is -2.53. The van der Waals surface area contributed by atoms with Gasteiger partial charge in [-0.1, -0.05) is 47.5 Å². The third kappa shape index (κ3) is 12.0. The van der Waals surface area contributed by atoms with Crippen molar-refractivity contribution in [1.29, 1.82) is 0 Å². The largest absolute Gasteiger partial charge is 0.743 e. The molecular weight excluding hydrogens is 1110 g/mol. The highest BCUT2D eigenvalue weighted by molar-refractivity contribution is 7.87. The zero-order chi connectivity index (χ0) is 58.7. The highest BCUT2D eigenvalue weighted by Crippen LogP contribution is 2.55. The Labute approximate surface area is 452 Å². The third-order valence-corrected chi connectivity index (χ3v) is 18.6. The fourth-order valence-electron chi connectivity index (χ4n) is 12.0. The second kappa shape index (κ2) is 22.5. The van der Waals surface area contributed by atoms with Crippen molar-refractivity contribution in [3.63, 3.8) is 0 Å². The maximum atomic E-state index is 13.6. The van der Waals surface area contributed by atoms with E-state index < -0.39 is 200 Å². The minimum atomic E-state index is -6.09. The van der Waals surface area contributed by atoms with Gasteiger partial charge in [-0.2, -0.15) is 17.6 Å². The van der Waals surface area contributed by atoms with E-state index in [0.717, 1.165) is 38.5 Å². The molecular formula is C49H64F4O24S2-2. The quantitative estimate of drug-likeness (QED) is 0.0772. The Bertz CT molecular complexity index is 2630. The standard InChI is InChI=1S/C25H34F2O12S.C24H32F2O12S/c1-12(25(26,27)40(32,33)34)35-13(28)8-9-14(29)36-19-18-16(15-17(37-18)20(19)38-21(15)30)22(31)39-24(23(2,3)4)10-6-5-7-11-24;1-11(2)23(9-5-4-6-10-23)38-22(30)16-15-17-20(37-21(15)29)19(18(16)36-17)35-14(28)8-7-13(27)34-12(3)24(25,26)39(31,32)33/h12,15-20H,5-11H2,1-4H3,(H,32,33,34);11-12,15-20H,4-10H2,1-3H3,(H,31,32,33)/p-2. The molecule has 2 aliphatic carbocycles. The molecule has 6 heterocycles. The summed E-state index contributed by atoms with van der Waals surface area (Å²) < 4.78 is 172. The van der Waals surface area contributed by atoms with Crippen LogP contribution in [0.4, 0.5) is 17.6 Å². The van der Waals surface area contributed by atoms with Gasteiger partial charge in [-0.15, -0.1) is 0 Å². The molecule has 4 bridgehead atoms. The number of halogens is 4. The van der Waals surface area contributed by atoms with Crippen LogP contribution in [-0.4, -0.2) is 156 Å². The first-order valence-electron chi connectivity index (χ1n) is 26.1. The van der Waals surface area contributed by atoms with Crippen LogP contribution >= 0.6 is 0 Å². The van der Waals surface area contributed by atoms with E-state index in [1.54, 1.807) is 0 Å². The summed E-state index contributed by atoms with van der Waals surface area (Å²) in [5.41, 5.74) is -1.79. The van der Waals surface area contributed by atoms with Crippen molar-refractivity contribution in [3.05, 3.63) is 0 Å². The van der Waals surface area contributed by atoms with Crippen molar-refractivity contribution in [2.24, 2.45) is 35.0 Å². The van der Waals surface area contributed by atoms with Gasteiger partial charge in [-0.25, -0.2) is 16.8 Å². The SMILES string of the molecule is CC(C)C1(OC(=O)C2C3OC4C(OC(=O)C42)C3OC(=O)CCC(=O)OC(C)C(F)(F)S(=O)(=O)[O-])CCCCC1.CC(OC(=O)CCC(=O)OC1C2OC(=O)C3C2OC1C3C(=O)OC1(C(C)(C)C)CCCCC1)C(F)(F)S(=O)(=O)[O-]. The second-order valence-corrected chi connectivity index (χ2v) is 25.6. The van der Waals surface area contributed by atoms with E-state index in [9.17, 15) is 81.9 Å². The van der Waals surface area contributed by atoms with Gasteiger partial charge < -0.3 is 56.5 Å². The number of hydrogen-bond donors (Lipinski definition) is 0. The molecule has 8 rings (SSSR count). The second-order valence-electron chi connectivity index (χ2n) is 22.7. The van der Waals surface area contributed by atoms with Gasteiger partial charge in [0.05, 0.1) is 25.7 Å². The molecule has 0 radical (unpaired) electrons. The van der Waals surface area contributed by atoms with Crippen LogP contribution in [-0.2, 0) is 106 Å². The first kappa shape index (κ1) is 61.8. The van der Waals surface area contributed by atoms with Crippen LogP contribution in [0, 0.1) is 35.0 Å². The van der Waals surface area contributed by atoms with E-state index >= 15 is 0 Å². The van der Waals surface area contributed by atoms with E-state index in [0.29, 0.717) is 39.5 Å². The molecule has 0 spiro atoms. The van der Waals surface area contributed by atoms with E-state index in [1.165, 1.54) is 0 Å². The van der Waals surface area contributed by atoms with Crippen LogP contribution < -0.4 is 0 Å². The molecule has 0 amide bonds. The van der Waals surface area contributed by atoms with Gasteiger partial charge in [0.1, 0.15) is 59.3 Å². The summed E-state index contributed by atoms with van der Waals surface area (Å²) in [4.78, 5) is 101. The number of rotatable bonds is 19. The van der Waals surface area contributed by atoms with Crippen LogP contribution in [0.2, 0.25) is 0 Å². The Balaban J connectivity index is 0.000000229. The molecule has 24 nitrogen and oxygen atoms in total. The summed E-state index contributed by atoms with van der Waals surface area (Å²) in [5.74, 6) is -11.2. The van der Waals surface area contributed by atoms with Crippen molar-refractivity contribution in [3.8, 4) is 0 Å². The summed E-state index contributed by atoms with van der Waals surface area (Å²) >= 11 is 0. The summed E-state index contributed by atoms with van der Waals surface area (Å²) in [6.45, 7) is 10.9. The van der Waals surface area contributed by atoms with E-state index in [-0.39, 0.29) is 11.3 Å². The van der Waals surface area contributed by atoms with Crippen molar-refractivity contribution in [2.45, 2.75) is 221 Å². The van der Waals surface area contributed by atoms with Crippen LogP contribution in [0.25, 0.3) is 0 Å². The monoisotopic (exact) mass is 1180 g/mol. The molecule has 79 heavy (non-hydrogen) atoms. The van der Waals surface area contributed by atoms with Crippen LogP contribution in [0.5, 0.6) is 0 Å². The van der Waals surface area contributed by atoms with Crippen molar-refractivity contribution in [1.82, 2.24) is 0 Å². The van der Waals surface area contributed by atoms with Gasteiger partial charge >= 0.3 is 58.3 Å². The van der Waals surface area contributed by atoms with Crippen LogP contribution in [0.3, 0.4) is 0 Å². The minimum Gasteiger partial charge on any atom is -0.743 e. The molecule has 6 saturated heterocycles. The Morgan fingerprint density at radius 3 is 1.27 bits per heavy atom. The molecule has 8 aliphatic rings. The van der Waals surface area contributed by atoms with Gasteiger partial charge in [0.25, 0.3) is 0 Å². The maximum absolute atomic E-state index is 13.6. The summed E-state index contributed by atoms with van der Waals surface area (Å²) in [6.07, 6.45) is -7.63. The zero-order valence-electron chi connectivity index (χ0n) is 44.2. The number of esters is 8. The van der Waals surface area contributed by atoms with Crippen molar-refractivity contribution in [2.75, 3.05) is 0 Å². The molecule has 0 N–H and O–H groups in total. The van der Waals surface area contributed by atoms with Gasteiger partial charge in [-0.3, -0.25) is 38.4 Å². The van der Waals surface area contributed by atoms with Crippen molar-refractivity contribution < 1.29 is 129 Å². The molecule has 2 saturated carbocycles. The van der Waals surface area contributed by atoms with E-state index in [2.05, 4.69) is 9.47 Å². The molecule has 0 aromatic rings. The summed E-state index contributed by atoms with van der Waals surface area (Å²) in [7, 11) is -12.2. The van der Waals surface area contributed by atoms with Crippen molar-refractivity contribution >= 4 is 68.0 Å². The van der Waals surface area contributed by atoms with E-state index in [4.69, 9.17) is 37.9 Å². The first-order valence-corrected chi connectivity index (χ1v) is 28.9. The smallest absolute Gasteiger partial charge is 0.369 e. The zero-order valence-corrected chi connectivity index (χ0v) is 45.8. The number of alkyl halides is 4. The third-order valence-electron chi connectivity index (χ3n) is 16.6. The lowest BCUT2D eigenvalue weighted by molar-refractivity contribution is -0.190. The maximum Gasteiger partial charge on any atom is 0.369 e. The van der Waals surface area contributed by atoms with Gasteiger partial charge in [0, 0.05) is 5.41 Å². The molecule has 14 unspecified atom stereocenters. The molecule has 8 fully saturated rings. The molecule has 446 valence electrons. The van der Waals surface area contributed by atoms with Gasteiger partial charge in [-0.05, 0) is 71.1 Å². The average Bonchev–Trinajstić information content (AvgIpc) is 4.19. The Kier molecular flexibility index (Phi) is 17.6. The van der Waals surface area contributed by atoms with Crippen LogP contribution in [0.15, 0.2) is 0 Å². The number of hydrogen-bond acceptors (Lipinski definition) is 24. The molecule has 14 atom stereocenters. The first-order chi connectivity index (χ1) is 36.5. The minimum absolute atomic E-state index is 0.0364. The molecule has 0 aromatic heterocycles. The lowest BCUT2D eigenvalue weighted by Gasteiger charge is -2.47. The van der Waals surface area contributed by atoms with E-state index in [1.807, 2.05) is 34.6 Å². The molecule has 0 aromatic carbocycles. The number of carbonyl (C=O) groups excluding carboxylic acids is 8. The Morgan fingerprint density at radius 2 is 0.911 bits per heavy atom. The number of fused-ring (bicyclic) bond motifs is 2. The predicted molar refractivity (Wildman–Crippen MR) is 248 cm³/mol. The normalized spacial score (nSPS) is 31.9.